The minimum atomic E-state index is -0.457. The number of H-pyrrole nitrogens is 2. The van der Waals surface area contributed by atoms with Crippen molar-refractivity contribution in [2.75, 3.05) is 44.0 Å². The molecule has 0 bridgehead atoms. The number of ether oxygens (including phenoxy) is 2. The van der Waals surface area contributed by atoms with Crippen molar-refractivity contribution in [1.82, 2.24) is 40.8 Å². The zero-order valence-electron chi connectivity index (χ0n) is 43.9. The van der Waals surface area contributed by atoms with Gasteiger partial charge in [0, 0.05) is 55.7 Å². The number of aromatic nitrogens is 4. The lowest BCUT2D eigenvalue weighted by Crippen LogP contribution is -2.51. The van der Waals surface area contributed by atoms with E-state index in [1.807, 2.05) is 7.05 Å². The molecule has 2 aromatic rings. The lowest BCUT2D eigenvalue weighted by molar-refractivity contribution is 0.0196. The van der Waals surface area contributed by atoms with Gasteiger partial charge in [0.1, 0.15) is 0 Å². The van der Waals surface area contributed by atoms with Crippen molar-refractivity contribution < 1.29 is 28.7 Å². The number of nitrogens with one attached hydrogen (secondary N) is 7. The fourth-order valence-electron chi connectivity index (χ4n) is 11.6. The van der Waals surface area contributed by atoms with Gasteiger partial charge in [-0.15, -0.1) is 0 Å². The van der Waals surface area contributed by atoms with E-state index >= 15 is 0 Å². The van der Waals surface area contributed by atoms with Gasteiger partial charge in [0.15, 0.2) is 0 Å². The Kier molecular flexibility index (Phi) is 20.5. The van der Waals surface area contributed by atoms with Crippen LogP contribution >= 0.6 is 0 Å². The SMILES string of the molecule is CCC(CCOC(=O)N(C)C1CC(C)(C)CC(C)(CNC(=O)Nc2nc(=O)cc(C)[nH]2)C1)CCC(CC)CC(CC)CCOC(=O)NC1CC(C)(C)CC(C)(CNC(=O)Nc2nc(=O)cc(C)[nH]2)C1. The number of anilines is 2. The van der Waals surface area contributed by atoms with E-state index in [-0.39, 0.29) is 51.7 Å². The van der Waals surface area contributed by atoms with Gasteiger partial charge in [-0.05, 0) is 111 Å². The van der Waals surface area contributed by atoms with Crippen LogP contribution in [0, 0.1) is 53.3 Å². The highest BCUT2D eigenvalue weighted by atomic mass is 16.6. The normalized spacial score (nSPS) is 23.1. The first-order chi connectivity index (χ1) is 32.3. The van der Waals surface area contributed by atoms with Crippen LogP contribution < -0.4 is 37.7 Å². The molecule has 0 aromatic carbocycles. The topological polar surface area (TPSA) is 242 Å². The van der Waals surface area contributed by atoms with Gasteiger partial charge in [-0.2, -0.15) is 9.97 Å². The Balaban J connectivity index is 1.16. The maximum atomic E-state index is 13.4. The molecule has 2 heterocycles. The second-order valence-corrected chi connectivity index (χ2v) is 22.8. The largest absolute Gasteiger partial charge is 0.450 e. The van der Waals surface area contributed by atoms with Gasteiger partial charge >= 0.3 is 24.2 Å². The van der Waals surface area contributed by atoms with Crippen LogP contribution in [0.2, 0.25) is 0 Å². The highest BCUT2D eigenvalue weighted by Crippen LogP contribution is 2.48. The Morgan fingerprint density at radius 1 is 0.681 bits per heavy atom. The molecule has 6 amide bonds. The molecular weight excluding hydrogens is 881 g/mol. The maximum Gasteiger partial charge on any atom is 0.409 e. The molecule has 0 spiro atoms. The van der Waals surface area contributed by atoms with Gasteiger partial charge in [-0.25, -0.2) is 19.2 Å². The molecule has 18 heteroatoms. The van der Waals surface area contributed by atoms with Gasteiger partial charge in [0.25, 0.3) is 11.1 Å². The third-order valence-corrected chi connectivity index (χ3v) is 14.5. The summed E-state index contributed by atoms with van der Waals surface area (Å²) >= 11 is 0. The average molecular weight is 967 g/mol. The lowest BCUT2D eigenvalue weighted by atomic mass is 9.62. The van der Waals surface area contributed by atoms with Crippen LogP contribution in [-0.4, -0.2) is 94.5 Å². The molecule has 7 N–H and O–H groups in total. The quantitative estimate of drug-likeness (QED) is 0.0590. The van der Waals surface area contributed by atoms with Crippen LogP contribution in [0.3, 0.4) is 0 Å². The molecule has 0 radical (unpaired) electrons. The number of hydrogen-bond donors (Lipinski definition) is 7. The summed E-state index contributed by atoms with van der Waals surface area (Å²) < 4.78 is 11.7. The second-order valence-electron chi connectivity index (χ2n) is 22.8. The average Bonchev–Trinajstić information content (AvgIpc) is 3.22. The van der Waals surface area contributed by atoms with Crippen molar-refractivity contribution in [3.63, 3.8) is 0 Å². The van der Waals surface area contributed by atoms with E-state index in [1.165, 1.54) is 12.1 Å². The fourth-order valence-corrected chi connectivity index (χ4v) is 11.6. The summed E-state index contributed by atoms with van der Waals surface area (Å²) in [4.78, 5) is 90.7. The van der Waals surface area contributed by atoms with Crippen molar-refractivity contribution in [1.29, 1.82) is 0 Å². The third kappa shape index (κ3) is 19.3. The van der Waals surface area contributed by atoms with Gasteiger partial charge in [-0.3, -0.25) is 20.2 Å². The van der Waals surface area contributed by atoms with Crippen molar-refractivity contribution in [3.8, 4) is 0 Å². The van der Waals surface area contributed by atoms with Crippen LogP contribution in [0.5, 0.6) is 0 Å². The first-order valence-electron chi connectivity index (χ1n) is 25.4. The summed E-state index contributed by atoms with van der Waals surface area (Å²) in [6.07, 6.45) is 11.9. The molecule has 0 saturated heterocycles. The van der Waals surface area contributed by atoms with Gasteiger partial charge < -0.3 is 40.3 Å². The summed E-state index contributed by atoms with van der Waals surface area (Å²) in [6.45, 7) is 24.6. The molecule has 0 aliphatic heterocycles. The highest BCUT2D eigenvalue weighted by Gasteiger charge is 2.44. The Hall–Kier alpha value is -5.16. The predicted molar refractivity (Wildman–Crippen MR) is 270 cm³/mol. The Morgan fingerprint density at radius 2 is 1.14 bits per heavy atom. The Bertz CT molecular complexity index is 2140. The molecule has 2 saturated carbocycles. The molecule has 2 aliphatic rings. The number of hydrogen-bond acceptors (Lipinski definition) is 10. The van der Waals surface area contributed by atoms with E-state index in [9.17, 15) is 28.8 Å². The fraction of sp³-hybridized carbons (Fsp3) is 0.765. The van der Waals surface area contributed by atoms with Crippen molar-refractivity contribution in [2.24, 2.45) is 39.4 Å². The van der Waals surface area contributed by atoms with Crippen LogP contribution in [-0.2, 0) is 9.47 Å². The van der Waals surface area contributed by atoms with Gasteiger partial charge in [0.05, 0.1) is 13.2 Å². The summed E-state index contributed by atoms with van der Waals surface area (Å²) in [6, 6.07) is 1.64. The Labute approximate surface area is 410 Å². The molecule has 18 nitrogen and oxygen atoms in total. The monoisotopic (exact) mass is 967 g/mol. The van der Waals surface area contributed by atoms with Gasteiger partial charge in [-0.1, -0.05) is 94.4 Å². The molecule has 69 heavy (non-hydrogen) atoms. The van der Waals surface area contributed by atoms with Crippen molar-refractivity contribution in [3.05, 3.63) is 44.2 Å². The van der Waals surface area contributed by atoms with Crippen LogP contribution in [0.4, 0.5) is 31.1 Å². The van der Waals surface area contributed by atoms with Crippen molar-refractivity contribution >= 4 is 36.1 Å². The van der Waals surface area contributed by atoms with E-state index in [0.29, 0.717) is 68.3 Å². The minimum Gasteiger partial charge on any atom is -0.450 e. The van der Waals surface area contributed by atoms with Crippen LogP contribution in [0.1, 0.15) is 164 Å². The number of carbonyl (C=O) groups excluding carboxylic acids is 4. The first kappa shape index (κ1) is 56.4. The lowest BCUT2D eigenvalue weighted by Gasteiger charge is -2.48. The molecule has 2 aromatic heterocycles. The molecule has 7 atom stereocenters. The molecule has 4 rings (SSSR count). The standard InChI is InChI=1S/C51H86N10O8/c1-13-35(18-21-69-47(67)61(12)39-27-49(8,9)30-51(11,28-39)32-53-45(65)60-43-55-34(5)23-41(63)58-43)16-17-36(14-2)24-37(15-3)19-20-68-46(66)56-38-25-48(6,7)29-50(10,26-38)31-52-44(64)59-42-54-33(4)22-40(62)57-42/h22-23,35-39H,13-21,24-32H2,1-12H3,(H,56,66)(H3,52,54,57,59,62,64)(H3,53,55,58,60,63,65). The number of nitrogens with zero attached hydrogens (tertiary/aromatic N) is 3. The number of amides is 6. The van der Waals surface area contributed by atoms with E-state index in [4.69, 9.17) is 9.47 Å². The maximum absolute atomic E-state index is 13.4. The summed E-state index contributed by atoms with van der Waals surface area (Å²) in [5, 5.41) is 14.2. The second kappa shape index (κ2) is 25.1. The molecule has 7 unspecified atom stereocenters. The molecule has 2 fully saturated rings. The summed E-state index contributed by atoms with van der Waals surface area (Å²) in [7, 11) is 1.81. The Morgan fingerprint density at radius 3 is 1.67 bits per heavy atom. The predicted octanol–water partition coefficient (Wildman–Crippen LogP) is 9.41. The highest BCUT2D eigenvalue weighted by molar-refractivity contribution is 5.87. The zero-order chi connectivity index (χ0) is 51.2. The van der Waals surface area contributed by atoms with E-state index in [1.54, 1.807) is 18.7 Å². The first-order valence-corrected chi connectivity index (χ1v) is 25.4. The number of aromatic amines is 2. The number of alkyl carbamates (subject to hydrolysis) is 1. The van der Waals surface area contributed by atoms with E-state index in [2.05, 4.69) is 109 Å². The summed E-state index contributed by atoms with van der Waals surface area (Å²) in [5.74, 6) is 1.60. The van der Waals surface area contributed by atoms with Crippen LogP contribution in [0.15, 0.2) is 21.7 Å². The van der Waals surface area contributed by atoms with Crippen LogP contribution in [0.25, 0.3) is 0 Å². The minimum absolute atomic E-state index is 0.0550. The third-order valence-electron chi connectivity index (χ3n) is 14.5. The number of urea groups is 2. The molecular formula is C51H86N10O8. The van der Waals surface area contributed by atoms with E-state index < -0.39 is 29.3 Å². The number of carbonyl (C=O) groups is 4. The summed E-state index contributed by atoms with van der Waals surface area (Å²) in [5.41, 5.74) is -0.367. The molecule has 2 aliphatic carbocycles. The number of aryl methyl sites for hydroxylation is 2. The number of rotatable bonds is 22. The van der Waals surface area contributed by atoms with Crippen molar-refractivity contribution in [2.45, 2.75) is 178 Å². The smallest absolute Gasteiger partial charge is 0.409 e. The van der Waals surface area contributed by atoms with E-state index in [0.717, 1.165) is 77.0 Å². The zero-order valence-corrected chi connectivity index (χ0v) is 43.9. The molecule has 388 valence electrons. The van der Waals surface area contributed by atoms with Gasteiger partial charge in [0.2, 0.25) is 11.9 Å².